The van der Waals surface area contributed by atoms with Crippen LogP contribution in [0, 0.1) is 0 Å². The van der Waals surface area contributed by atoms with E-state index in [2.05, 4.69) is 183 Å². The molecular formula is C49H35N3Si. The quantitative estimate of drug-likeness (QED) is 0.168. The summed E-state index contributed by atoms with van der Waals surface area (Å²) in [5.74, 6) is 2.00. The second-order valence-corrected chi connectivity index (χ2v) is 18.7. The second kappa shape index (κ2) is 12.3. The predicted octanol–water partition coefficient (Wildman–Crippen LogP) is 11.3. The molecule has 250 valence electrons. The average molecular weight is 694 g/mol. The minimum atomic E-state index is -2.05. The van der Waals surface area contributed by atoms with Gasteiger partial charge in [0.2, 0.25) is 0 Å². The summed E-state index contributed by atoms with van der Waals surface area (Å²) in [6.07, 6.45) is 0. The van der Waals surface area contributed by atoms with Crippen LogP contribution in [-0.2, 0) is 0 Å². The summed E-state index contributed by atoms with van der Waals surface area (Å²) in [7, 11) is -2.05. The number of benzene rings is 8. The Morgan fingerprint density at radius 1 is 0.340 bits per heavy atom. The summed E-state index contributed by atoms with van der Waals surface area (Å²) in [5.41, 5.74) is 10.2. The van der Waals surface area contributed by atoms with E-state index < -0.39 is 8.07 Å². The molecule has 0 amide bonds. The number of hydrogen-bond acceptors (Lipinski definition) is 3. The highest BCUT2D eigenvalue weighted by molar-refractivity contribution is 7.05. The van der Waals surface area contributed by atoms with E-state index in [1.165, 1.54) is 48.6 Å². The monoisotopic (exact) mass is 693 g/mol. The third-order valence-corrected chi connectivity index (χ3v) is 14.5. The Labute approximate surface area is 310 Å². The predicted molar refractivity (Wildman–Crippen MR) is 224 cm³/mol. The molecule has 0 saturated heterocycles. The van der Waals surface area contributed by atoms with E-state index in [9.17, 15) is 0 Å². The van der Waals surface area contributed by atoms with Crippen molar-refractivity contribution < 1.29 is 0 Å². The van der Waals surface area contributed by atoms with Crippen LogP contribution >= 0.6 is 0 Å². The molecule has 2 heterocycles. The van der Waals surface area contributed by atoms with Crippen LogP contribution in [0.5, 0.6) is 0 Å². The van der Waals surface area contributed by atoms with Crippen LogP contribution in [-0.4, -0.2) is 23.0 Å². The minimum Gasteiger partial charge on any atom is -0.208 e. The van der Waals surface area contributed by atoms with E-state index in [4.69, 9.17) is 15.0 Å². The smallest absolute Gasteiger partial charge is 0.164 e. The first-order valence-electron chi connectivity index (χ1n) is 18.2. The van der Waals surface area contributed by atoms with Crippen LogP contribution in [0.4, 0.5) is 0 Å². The number of hydrogen-bond donors (Lipinski definition) is 0. The van der Waals surface area contributed by atoms with Crippen molar-refractivity contribution in [1.29, 1.82) is 0 Å². The van der Waals surface area contributed by atoms with Crippen molar-refractivity contribution in [3.05, 3.63) is 176 Å². The molecule has 0 saturated carbocycles. The third-order valence-electron chi connectivity index (χ3n) is 10.9. The molecule has 0 spiro atoms. The molecular weight excluding hydrogens is 659 g/mol. The number of nitrogens with zero attached hydrogens (tertiary/aromatic N) is 3. The fourth-order valence-corrected chi connectivity index (χ4v) is 11.7. The van der Waals surface area contributed by atoms with Gasteiger partial charge in [0.25, 0.3) is 0 Å². The number of aromatic nitrogens is 3. The Balaban J connectivity index is 1.12. The largest absolute Gasteiger partial charge is 0.208 e. The van der Waals surface area contributed by atoms with Gasteiger partial charge in [0, 0.05) is 16.7 Å². The third kappa shape index (κ3) is 5.30. The molecule has 0 aliphatic carbocycles. The maximum absolute atomic E-state index is 5.25. The first-order chi connectivity index (χ1) is 26.0. The molecule has 8 aromatic carbocycles. The van der Waals surface area contributed by atoms with E-state index in [1.807, 2.05) is 6.07 Å². The zero-order valence-corrected chi connectivity index (χ0v) is 30.6. The maximum Gasteiger partial charge on any atom is 0.164 e. The van der Waals surface area contributed by atoms with Gasteiger partial charge in [-0.2, -0.15) is 0 Å². The van der Waals surface area contributed by atoms with Crippen molar-refractivity contribution in [2.45, 2.75) is 13.1 Å². The van der Waals surface area contributed by atoms with Gasteiger partial charge in [-0.1, -0.05) is 183 Å². The molecule has 0 radical (unpaired) electrons. The van der Waals surface area contributed by atoms with Crippen molar-refractivity contribution in [3.8, 4) is 67.5 Å². The molecule has 0 bridgehead atoms. The number of fused-ring (bicyclic) bond motifs is 6. The van der Waals surface area contributed by atoms with Crippen molar-refractivity contribution in [1.82, 2.24) is 15.0 Å². The highest BCUT2D eigenvalue weighted by atomic mass is 28.3. The van der Waals surface area contributed by atoms with Gasteiger partial charge in [0.15, 0.2) is 17.5 Å². The molecule has 1 aliphatic rings. The molecule has 4 heteroatoms. The van der Waals surface area contributed by atoms with E-state index >= 15 is 0 Å². The molecule has 0 N–H and O–H groups in total. The maximum atomic E-state index is 5.25. The fourth-order valence-electron chi connectivity index (χ4n) is 8.22. The summed E-state index contributed by atoms with van der Waals surface area (Å²) in [4.78, 5) is 15.6. The van der Waals surface area contributed by atoms with Crippen LogP contribution in [0.2, 0.25) is 13.1 Å². The summed E-state index contributed by atoms with van der Waals surface area (Å²) in [6.45, 7) is 4.96. The molecule has 10 rings (SSSR count). The molecule has 1 aromatic heterocycles. The summed E-state index contributed by atoms with van der Waals surface area (Å²) >= 11 is 0. The first kappa shape index (κ1) is 31.3. The van der Waals surface area contributed by atoms with Crippen molar-refractivity contribution in [2.75, 3.05) is 0 Å². The molecule has 0 fully saturated rings. The van der Waals surface area contributed by atoms with Gasteiger partial charge in [0.05, 0.1) is 0 Å². The fraction of sp³-hybridized carbons (Fsp3) is 0.0408. The number of rotatable bonds is 5. The van der Waals surface area contributed by atoms with Gasteiger partial charge >= 0.3 is 0 Å². The van der Waals surface area contributed by atoms with Gasteiger partial charge in [-0.05, 0) is 71.4 Å². The Hall–Kier alpha value is -6.49. The average Bonchev–Trinajstić information content (AvgIpc) is 3.46. The second-order valence-electron chi connectivity index (χ2n) is 14.5. The lowest BCUT2D eigenvalue weighted by Gasteiger charge is -2.21. The van der Waals surface area contributed by atoms with Crippen LogP contribution in [0.1, 0.15) is 0 Å². The van der Waals surface area contributed by atoms with Gasteiger partial charge in [-0.15, -0.1) is 0 Å². The lowest BCUT2D eigenvalue weighted by Crippen LogP contribution is -2.49. The topological polar surface area (TPSA) is 38.7 Å². The minimum absolute atomic E-state index is 0.657. The van der Waals surface area contributed by atoms with Gasteiger partial charge < -0.3 is 0 Å². The SMILES string of the molecule is C[Si]1(C)c2cc(-c3nc(-c4ccc(-c5ccc6ccccc6c5)cc4)nc(-c4ccccc4-c4ccccc4)n3)ccc2-c2ccc3ccccc3c21. The van der Waals surface area contributed by atoms with E-state index in [0.717, 1.165) is 33.4 Å². The zero-order chi connectivity index (χ0) is 35.5. The Morgan fingerprint density at radius 2 is 0.906 bits per heavy atom. The van der Waals surface area contributed by atoms with Crippen molar-refractivity contribution in [2.24, 2.45) is 0 Å². The summed E-state index contributed by atoms with van der Waals surface area (Å²) < 4.78 is 0. The molecule has 1 aliphatic heterocycles. The van der Waals surface area contributed by atoms with E-state index in [0.29, 0.717) is 17.5 Å². The normalized spacial score (nSPS) is 12.9. The molecule has 53 heavy (non-hydrogen) atoms. The van der Waals surface area contributed by atoms with Crippen LogP contribution in [0.3, 0.4) is 0 Å². The van der Waals surface area contributed by atoms with Crippen molar-refractivity contribution in [3.63, 3.8) is 0 Å². The lowest BCUT2D eigenvalue weighted by atomic mass is 9.98. The van der Waals surface area contributed by atoms with Gasteiger partial charge in [-0.25, -0.2) is 15.0 Å². The molecule has 9 aromatic rings. The molecule has 0 atom stereocenters. The Bertz CT molecular complexity index is 2860. The highest BCUT2D eigenvalue weighted by Crippen LogP contribution is 2.36. The highest BCUT2D eigenvalue weighted by Gasteiger charge is 2.39. The van der Waals surface area contributed by atoms with Crippen LogP contribution in [0.15, 0.2) is 176 Å². The zero-order valence-electron chi connectivity index (χ0n) is 29.6. The van der Waals surface area contributed by atoms with Gasteiger partial charge in [-0.3, -0.25) is 0 Å². The van der Waals surface area contributed by atoms with Gasteiger partial charge in [0.1, 0.15) is 8.07 Å². The standard InChI is InChI=1S/C49H35N3Si/c1-53(2)45-31-39(27-28-42(45)43-29-26-35-15-8-9-18-41(35)46(43)53)48-50-47(51-49(52-48)44-19-11-10-17-40(44)34-13-4-3-5-14-34)36-23-20-33(21-24-36)38-25-22-32-12-6-7-16-37(32)30-38/h3-31H,1-2H3. The van der Waals surface area contributed by atoms with Crippen LogP contribution < -0.4 is 10.4 Å². The first-order valence-corrected chi connectivity index (χ1v) is 21.2. The van der Waals surface area contributed by atoms with E-state index in [-0.39, 0.29) is 0 Å². The van der Waals surface area contributed by atoms with Crippen LogP contribution in [0.25, 0.3) is 89.1 Å². The lowest BCUT2D eigenvalue weighted by molar-refractivity contribution is 1.07. The summed E-state index contributed by atoms with van der Waals surface area (Å²) in [6, 6.07) is 62.9. The van der Waals surface area contributed by atoms with Crippen molar-refractivity contribution >= 4 is 40.0 Å². The molecule has 3 nitrogen and oxygen atoms in total. The summed E-state index contributed by atoms with van der Waals surface area (Å²) in [5, 5.41) is 8.08. The molecule has 0 unspecified atom stereocenters. The Morgan fingerprint density at radius 3 is 1.72 bits per heavy atom. The van der Waals surface area contributed by atoms with E-state index in [1.54, 1.807) is 0 Å². The Kier molecular flexibility index (Phi) is 7.27.